The van der Waals surface area contributed by atoms with E-state index in [-0.39, 0.29) is 5.75 Å². The van der Waals surface area contributed by atoms with Gasteiger partial charge in [-0.15, -0.1) is 0 Å². The van der Waals surface area contributed by atoms with E-state index in [1.165, 1.54) is 0 Å². The third-order valence-electron chi connectivity index (χ3n) is 2.64. The van der Waals surface area contributed by atoms with E-state index in [9.17, 15) is 26.0 Å². The lowest BCUT2D eigenvalue weighted by atomic mass is 10.2. The highest BCUT2D eigenvalue weighted by Gasteiger charge is 2.35. The third-order valence-corrected chi connectivity index (χ3v) is 3.75. The van der Waals surface area contributed by atoms with E-state index in [0.29, 0.717) is 6.07 Å². The van der Waals surface area contributed by atoms with Crippen molar-refractivity contribution >= 4 is 9.84 Å². The Balaban J connectivity index is 2.51. The summed E-state index contributed by atoms with van der Waals surface area (Å²) < 4.78 is 79.9. The molecule has 0 N–H and O–H groups in total. The van der Waals surface area contributed by atoms with Crippen molar-refractivity contribution in [2.45, 2.75) is 11.1 Å². The molecule has 0 fully saturated rings. The minimum absolute atomic E-state index is 0.183. The standard InChI is InChI=1S/C14H9F4O3S/c1-22(19,20)11-5-6-13(12(8-11)14(16,17)18)21-10-4-2-3-9(15)7-10/h3-8H,1H3. The first-order valence-corrected chi connectivity index (χ1v) is 7.72. The van der Waals surface area contributed by atoms with E-state index in [2.05, 4.69) is 6.07 Å². The summed E-state index contributed by atoms with van der Waals surface area (Å²) >= 11 is 0. The van der Waals surface area contributed by atoms with Crippen molar-refractivity contribution in [3.63, 3.8) is 0 Å². The van der Waals surface area contributed by atoms with Crippen molar-refractivity contribution in [1.29, 1.82) is 0 Å². The van der Waals surface area contributed by atoms with Gasteiger partial charge in [0.15, 0.2) is 9.84 Å². The van der Waals surface area contributed by atoms with Crippen LogP contribution in [-0.2, 0) is 16.0 Å². The predicted octanol–water partition coefficient (Wildman–Crippen LogP) is 3.84. The maximum Gasteiger partial charge on any atom is 0.420 e. The molecule has 22 heavy (non-hydrogen) atoms. The fourth-order valence-corrected chi connectivity index (χ4v) is 2.31. The number of rotatable bonds is 3. The molecule has 3 nitrogen and oxygen atoms in total. The first-order valence-electron chi connectivity index (χ1n) is 5.83. The highest BCUT2D eigenvalue weighted by Crippen LogP contribution is 2.39. The zero-order valence-electron chi connectivity index (χ0n) is 11.1. The first-order chi connectivity index (χ1) is 10.1. The summed E-state index contributed by atoms with van der Waals surface area (Å²) in [5, 5.41) is 0. The van der Waals surface area contributed by atoms with E-state index >= 15 is 0 Å². The van der Waals surface area contributed by atoms with Gasteiger partial charge in [-0.25, -0.2) is 12.8 Å². The minimum atomic E-state index is -4.83. The fraction of sp³-hybridized carbons (Fsp3) is 0.143. The largest absolute Gasteiger partial charge is 0.457 e. The monoisotopic (exact) mass is 333 g/mol. The molecule has 117 valence electrons. The minimum Gasteiger partial charge on any atom is -0.457 e. The average Bonchev–Trinajstić information content (AvgIpc) is 2.36. The van der Waals surface area contributed by atoms with Gasteiger partial charge in [0.2, 0.25) is 0 Å². The van der Waals surface area contributed by atoms with E-state index in [0.717, 1.165) is 36.6 Å². The molecule has 0 aliphatic heterocycles. The molecule has 0 aliphatic carbocycles. The Morgan fingerprint density at radius 3 is 2.36 bits per heavy atom. The van der Waals surface area contributed by atoms with Crippen LogP contribution in [0.4, 0.5) is 17.6 Å². The van der Waals surface area contributed by atoms with E-state index in [1.807, 2.05) is 0 Å². The van der Waals surface area contributed by atoms with Crippen LogP contribution in [0.15, 0.2) is 41.3 Å². The molecule has 0 spiro atoms. The van der Waals surface area contributed by atoms with Gasteiger partial charge in [0, 0.05) is 12.3 Å². The van der Waals surface area contributed by atoms with Crippen LogP contribution in [0.3, 0.4) is 0 Å². The molecule has 2 aromatic rings. The molecule has 0 unspecified atom stereocenters. The smallest absolute Gasteiger partial charge is 0.420 e. The Hall–Kier alpha value is -2.09. The molecule has 0 heterocycles. The van der Waals surface area contributed by atoms with Gasteiger partial charge in [0.05, 0.1) is 10.5 Å². The zero-order valence-corrected chi connectivity index (χ0v) is 11.9. The molecule has 0 aliphatic rings. The number of hydrogen-bond acceptors (Lipinski definition) is 3. The predicted molar refractivity (Wildman–Crippen MR) is 69.9 cm³/mol. The maximum absolute atomic E-state index is 13.0. The Morgan fingerprint density at radius 2 is 1.82 bits per heavy atom. The summed E-state index contributed by atoms with van der Waals surface area (Å²) in [6, 6.07) is 7.75. The van der Waals surface area contributed by atoms with Crippen molar-refractivity contribution in [3.05, 3.63) is 53.8 Å². The normalized spacial score (nSPS) is 12.2. The van der Waals surface area contributed by atoms with Gasteiger partial charge >= 0.3 is 6.18 Å². The van der Waals surface area contributed by atoms with E-state index in [4.69, 9.17) is 4.74 Å². The highest BCUT2D eigenvalue weighted by molar-refractivity contribution is 7.90. The fourth-order valence-electron chi connectivity index (χ4n) is 1.66. The summed E-state index contributed by atoms with van der Waals surface area (Å²) in [6.07, 6.45) is -4.03. The van der Waals surface area contributed by atoms with Crippen molar-refractivity contribution in [3.8, 4) is 11.5 Å². The molecular formula is C14H9F4O3S. The Bertz CT molecular complexity index is 798. The van der Waals surface area contributed by atoms with Crippen LogP contribution >= 0.6 is 0 Å². The van der Waals surface area contributed by atoms with Gasteiger partial charge in [-0.3, -0.25) is 0 Å². The van der Waals surface area contributed by atoms with Gasteiger partial charge in [-0.05, 0) is 36.4 Å². The highest BCUT2D eigenvalue weighted by atomic mass is 32.2. The topological polar surface area (TPSA) is 43.4 Å². The third kappa shape index (κ3) is 3.76. The van der Waals surface area contributed by atoms with Crippen LogP contribution in [0.1, 0.15) is 5.56 Å². The van der Waals surface area contributed by atoms with Crippen LogP contribution in [0, 0.1) is 11.9 Å². The number of alkyl halides is 3. The van der Waals surface area contributed by atoms with Gasteiger partial charge < -0.3 is 4.74 Å². The summed E-state index contributed by atoms with van der Waals surface area (Å²) in [6.45, 7) is 0. The molecule has 1 radical (unpaired) electrons. The van der Waals surface area contributed by atoms with Crippen LogP contribution < -0.4 is 4.74 Å². The van der Waals surface area contributed by atoms with Gasteiger partial charge in [0.25, 0.3) is 0 Å². The van der Waals surface area contributed by atoms with E-state index in [1.54, 1.807) is 0 Å². The molecule has 0 bridgehead atoms. The number of ether oxygens (including phenoxy) is 1. The van der Waals surface area contributed by atoms with Crippen molar-refractivity contribution in [1.82, 2.24) is 0 Å². The molecule has 2 aromatic carbocycles. The second kappa shape index (κ2) is 5.60. The van der Waals surface area contributed by atoms with Crippen LogP contribution in [0.2, 0.25) is 0 Å². The lowest BCUT2D eigenvalue weighted by Gasteiger charge is -2.14. The Morgan fingerprint density at radius 1 is 1.14 bits per heavy atom. The van der Waals surface area contributed by atoms with Crippen molar-refractivity contribution in [2.24, 2.45) is 0 Å². The molecule has 0 aromatic heterocycles. The summed E-state index contributed by atoms with van der Waals surface area (Å²) in [4.78, 5) is -0.488. The second-order valence-electron chi connectivity index (χ2n) is 4.42. The van der Waals surface area contributed by atoms with Crippen LogP contribution in [0.5, 0.6) is 11.5 Å². The van der Waals surface area contributed by atoms with E-state index < -0.39 is 38.0 Å². The molecule has 0 saturated carbocycles. The second-order valence-corrected chi connectivity index (χ2v) is 6.43. The molecule has 8 heteroatoms. The zero-order chi connectivity index (χ0) is 16.5. The lowest BCUT2D eigenvalue weighted by molar-refractivity contribution is -0.138. The summed E-state index contributed by atoms with van der Waals surface area (Å²) in [5.41, 5.74) is -1.26. The maximum atomic E-state index is 13.0. The van der Waals surface area contributed by atoms with Crippen LogP contribution in [0.25, 0.3) is 0 Å². The van der Waals surface area contributed by atoms with Gasteiger partial charge in [0.1, 0.15) is 17.3 Å². The Kier molecular flexibility index (Phi) is 4.15. The molecular weight excluding hydrogens is 324 g/mol. The van der Waals surface area contributed by atoms with Crippen molar-refractivity contribution < 1.29 is 30.7 Å². The molecule has 0 amide bonds. The first kappa shape index (κ1) is 16.3. The Labute approximate surface area is 124 Å². The quantitative estimate of drug-likeness (QED) is 0.802. The van der Waals surface area contributed by atoms with Gasteiger partial charge in [-0.2, -0.15) is 13.2 Å². The number of halogens is 4. The number of benzene rings is 2. The molecule has 0 saturated heterocycles. The average molecular weight is 333 g/mol. The molecule has 2 rings (SSSR count). The summed E-state index contributed by atoms with van der Waals surface area (Å²) in [7, 11) is -3.80. The van der Waals surface area contributed by atoms with Crippen LogP contribution in [-0.4, -0.2) is 14.7 Å². The summed E-state index contributed by atoms with van der Waals surface area (Å²) in [5.74, 6) is -1.53. The number of hydrogen-bond donors (Lipinski definition) is 0. The number of sulfone groups is 1. The molecule has 0 atom stereocenters. The lowest BCUT2D eigenvalue weighted by Crippen LogP contribution is -2.09. The van der Waals surface area contributed by atoms with Gasteiger partial charge in [-0.1, -0.05) is 0 Å². The SMILES string of the molecule is CS(=O)(=O)c1ccc(Oc2c[c]cc(F)c2)c(C(F)(F)F)c1. The van der Waals surface area contributed by atoms with Crippen molar-refractivity contribution in [2.75, 3.05) is 6.26 Å².